The lowest BCUT2D eigenvalue weighted by Crippen LogP contribution is -1.99. The van der Waals surface area contributed by atoms with Gasteiger partial charge >= 0.3 is 5.97 Å². The van der Waals surface area contributed by atoms with Crippen LogP contribution < -0.4 is 5.32 Å². The molecule has 2 heterocycles. The smallest absolute Gasteiger partial charge is 0.344 e. The van der Waals surface area contributed by atoms with Crippen molar-refractivity contribution in [3.8, 4) is 0 Å². The van der Waals surface area contributed by atoms with E-state index in [1.807, 2.05) is 30.3 Å². The third-order valence-electron chi connectivity index (χ3n) is 4.04. The van der Waals surface area contributed by atoms with E-state index in [0.717, 1.165) is 22.0 Å². The molecule has 126 valence electrons. The number of aromatic nitrogens is 2. The topological polar surface area (TPSA) is 95.3 Å². The molecule has 0 radical (unpaired) electrons. The molecule has 0 aliphatic rings. The fourth-order valence-electron chi connectivity index (χ4n) is 2.81. The minimum Gasteiger partial charge on any atom is -0.477 e. The standard InChI is InChI=1S/C20H13N3O3/c24-11-12-2-1-3-14(8-12)22-19-16-6-7-21-10-17(16)15-5-4-13(20(25)26)9-18(15)23-19/h1-3,6-10,24H,11H2,(H,22,23)(H,25,26). The first-order valence-corrected chi connectivity index (χ1v) is 7.87. The Balaban J connectivity index is 1.92. The molecule has 0 bridgehead atoms. The van der Waals surface area contributed by atoms with Crippen LogP contribution in [0, 0.1) is 12.1 Å². The summed E-state index contributed by atoms with van der Waals surface area (Å²) in [4.78, 5) is 20.0. The molecule has 2 aromatic heterocycles. The van der Waals surface area contributed by atoms with Gasteiger partial charge in [0, 0.05) is 28.9 Å². The quantitative estimate of drug-likeness (QED) is 0.526. The van der Waals surface area contributed by atoms with Crippen molar-refractivity contribution in [1.82, 2.24) is 9.97 Å². The van der Waals surface area contributed by atoms with Crippen molar-refractivity contribution in [3.05, 3.63) is 72.1 Å². The maximum atomic E-state index is 11.2. The number of aromatic carboxylic acids is 1. The molecular formula is C20H13N3O3. The Labute approximate surface area is 148 Å². The van der Waals surface area contributed by atoms with Crippen LogP contribution in [0.4, 0.5) is 11.5 Å². The minimum atomic E-state index is -1.08. The summed E-state index contributed by atoms with van der Waals surface area (Å²) in [5, 5.41) is 24.0. The van der Waals surface area contributed by atoms with E-state index in [1.165, 1.54) is 6.07 Å². The molecule has 0 saturated heterocycles. The summed E-state index contributed by atoms with van der Waals surface area (Å²) in [7, 11) is 0. The van der Waals surface area contributed by atoms with Crippen LogP contribution >= 0.6 is 0 Å². The third kappa shape index (κ3) is 2.77. The van der Waals surface area contributed by atoms with Crippen LogP contribution in [0.15, 0.2) is 48.8 Å². The number of carbonyl (C=O) groups is 1. The highest BCUT2D eigenvalue weighted by Gasteiger charge is 2.11. The molecule has 4 aromatic rings. The van der Waals surface area contributed by atoms with E-state index < -0.39 is 5.97 Å². The fraction of sp³-hybridized carbons (Fsp3) is 0.0500. The van der Waals surface area contributed by atoms with Gasteiger partial charge in [-0.25, -0.2) is 9.78 Å². The number of nitrogens with one attached hydrogen (secondary N) is 1. The van der Waals surface area contributed by atoms with Crippen molar-refractivity contribution in [2.45, 2.75) is 6.61 Å². The molecule has 0 spiro atoms. The zero-order valence-corrected chi connectivity index (χ0v) is 13.5. The van der Waals surface area contributed by atoms with Crippen molar-refractivity contribution in [2.75, 3.05) is 5.32 Å². The van der Waals surface area contributed by atoms with E-state index in [1.54, 1.807) is 12.4 Å². The van der Waals surface area contributed by atoms with Gasteiger partial charge in [0.25, 0.3) is 0 Å². The first kappa shape index (κ1) is 15.8. The third-order valence-corrected chi connectivity index (χ3v) is 4.04. The Hall–Kier alpha value is -3.69. The van der Waals surface area contributed by atoms with Crippen LogP contribution in [0.25, 0.3) is 21.7 Å². The van der Waals surface area contributed by atoms with Crippen LogP contribution in [-0.4, -0.2) is 26.2 Å². The molecule has 6 nitrogen and oxygen atoms in total. The van der Waals surface area contributed by atoms with Gasteiger partial charge < -0.3 is 15.5 Å². The average Bonchev–Trinajstić information content (AvgIpc) is 2.68. The number of fused-ring (bicyclic) bond motifs is 3. The summed E-state index contributed by atoms with van der Waals surface area (Å²) < 4.78 is 0. The van der Waals surface area contributed by atoms with E-state index >= 15 is 0 Å². The molecule has 3 N–H and O–H groups in total. The van der Waals surface area contributed by atoms with Crippen LogP contribution in [-0.2, 0) is 6.61 Å². The Bertz CT molecular complexity index is 1140. The second-order valence-electron chi connectivity index (χ2n) is 5.74. The number of pyridine rings is 2. The van der Waals surface area contributed by atoms with Gasteiger partial charge in [-0.1, -0.05) is 24.3 Å². The van der Waals surface area contributed by atoms with Gasteiger partial charge in [0.05, 0.1) is 17.5 Å². The number of aliphatic hydroxyl groups is 1. The average molecular weight is 343 g/mol. The maximum absolute atomic E-state index is 11.2. The van der Waals surface area contributed by atoms with Gasteiger partial charge in [0.1, 0.15) is 11.4 Å². The lowest BCUT2D eigenvalue weighted by Gasteiger charge is -2.11. The monoisotopic (exact) mass is 343 g/mol. The Morgan fingerprint density at radius 3 is 2.85 bits per heavy atom. The van der Waals surface area contributed by atoms with Crippen LogP contribution in [0.3, 0.4) is 0 Å². The number of nitrogens with zero attached hydrogens (tertiary/aromatic N) is 2. The van der Waals surface area contributed by atoms with E-state index in [4.69, 9.17) is 0 Å². The van der Waals surface area contributed by atoms with Crippen molar-refractivity contribution in [3.63, 3.8) is 0 Å². The summed E-state index contributed by atoms with van der Waals surface area (Å²) >= 11 is 0. The maximum Gasteiger partial charge on any atom is 0.344 e. The molecule has 0 atom stereocenters. The van der Waals surface area contributed by atoms with Crippen molar-refractivity contribution in [1.29, 1.82) is 0 Å². The number of anilines is 2. The number of carboxylic acid groups (broad SMARTS) is 1. The zero-order chi connectivity index (χ0) is 18.1. The summed E-state index contributed by atoms with van der Waals surface area (Å²) in [6, 6.07) is 16.2. The van der Waals surface area contributed by atoms with Gasteiger partial charge in [0.2, 0.25) is 0 Å². The number of hydrogen-bond donors (Lipinski definition) is 3. The Morgan fingerprint density at radius 1 is 1.15 bits per heavy atom. The lowest BCUT2D eigenvalue weighted by molar-refractivity contribution is 0.0697. The van der Waals surface area contributed by atoms with Crippen LogP contribution in [0.5, 0.6) is 0 Å². The highest BCUT2D eigenvalue weighted by Crippen LogP contribution is 2.30. The zero-order valence-electron chi connectivity index (χ0n) is 13.5. The molecule has 4 rings (SSSR count). The van der Waals surface area contributed by atoms with E-state index in [2.05, 4.69) is 27.4 Å². The van der Waals surface area contributed by atoms with Crippen LogP contribution in [0.1, 0.15) is 15.9 Å². The predicted molar refractivity (Wildman–Crippen MR) is 97.3 cm³/mol. The summed E-state index contributed by atoms with van der Waals surface area (Å²) in [6.45, 7) is -0.0574. The van der Waals surface area contributed by atoms with E-state index in [-0.39, 0.29) is 12.2 Å². The predicted octanol–water partition coefficient (Wildman–Crippen LogP) is 3.32. The first-order valence-electron chi connectivity index (χ1n) is 7.87. The molecule has 0 aliphatic carbocycles. The van der Waals surface area contributed by atoms with E-state index in [0.29, 0.717) is 16.7 Å². The molecule has 2 aromatic carbocycles. The van der Waals surface area contributed by atoms with Gasteiger partial charge in [-0.05, 0) is 29.8 Å². The molecule has 0 amide bonds. The highest BCUT2D eigenvalue weighted by atomic mass is 16.4. The molecular weight excluding hydrogens is 330 g/mol. The second-order valence-corrected chi connectivity index (χ2v) is 5.74. The molecule has 0 aliphatic heterocycles. The Morgan fingerprint density at radius 2 is 2.04 bits per heavy atom. The van der Waals surface area contributed by atoms with Gasteiger partial charge in [-0.3, -0.25) is 4.98 Å². The minimum absolute atomic E-state index is 0.00136. The Kier molecular flexibility index (Phi) is 3.84. The summed E-state index contributed by atoms with van der Waals surface area (Å²) in [5.74, 6) is -0.512. The van der Waals surface area contributed by atoms with Crippen molar-refractivity contribution in [2.24, 2.45) is 0 Å². The first-order chi connectivity index (χ1) is 12.7. The van der Waals surface area contributed by atoms with Crippen molar-refractivity contribution >= 4 is 39.1 Å². The highest BCUT2D eigenvalue weighted by molar-refractivity contribution is 6.10. The molecule has 26 heavy (non-hydrogen) atoms. The molecule has 6 heteroatoms. The van der Waals surface area contributed by atoms with Gasteiger partial charge in [-0.15, -0.1) is 0 Å². The van der Waals surface area contributed by atoms with Crippen LogP contribution in [0.2, 0.25) is 0 Å². The number of rotatable bonds is 4. The van der Waals surface area contributed by atoms with E-state index in [9.17, 15) is 15.0 Å². The number of hydrogen-bond acceptors (Lipinski definition) is 5. The fourth-order valence-corrected chi connectivity index (χ4v) is 2.81. The normalized spacial score (nSPS) is 10.7. The molecule has 0 fully saturated rings. The number of carboxylic acids is 1. The number of aliphatic hydroxyl groups excluding tert-OH is 1. The van der Waals surface area contributed by atoms with Gasteiger partial charge in [-0.2, -0.15) is 0 Å². The lowest BCUT2D eigenvalue weighted by atomic mass is 10.1. The molecule has 0 unspecified atom stereocenters. The largest absolute Gasteiger partial charge is 0.477 e. The second kappa shape index (κ2) is 6.31. The van der Waals surface area contributed by atoms with Crippen molar-refractivity contribution < 1.29 is 15.0 Å². The van der Waals surface area contributed by atoms with Gasteiger partial charge in [0.15, 0.2) is 0 Å². The summed E-state index contributed by atoms with van der Waals surface area (Å²) in [6.07, 6.45) is 3.36. The molecule has 0 saturated carbocycles. The SMILES string of the molecule is O=C(O)c1c#cc2c(c1)nc(Nc1cccc(CO)c1)c1ccncc12. The summed E-state index contributed by atoms with van der Waals surface area (Å²) in [5.41, 5.74) is 2.04. The number of benzene rings is 1.